The van der Waals surface area contributed by atoms with E-state index in [-0.39, 0.29) is 17.1 Å². The van der Waals surface area contributed by atoms with E-state index in [1.54, 1.807) is 18.2 Å². The Labute approximate surface area is 174 Å². The zero-order chi connectivity index (χ0) is 22.1. The maximum Gasteiger partial charge on any atom is 0.416 e. The summed E-state index contributed by atoms with van der Waals surface area (Å²) in [5, 5.41) is 2.65. The van der Waals surface area contributed by atoms with Crippen molar-refractivity contribution in [3.05, 3.63) is 65.2 Å². The summed E-state index contributed by atoms with van der Waals surface area (Å²) in [6, 6.07) is 11.3. The SMILES string of the molecule is CC(C)[C@@H]1O[C@H](c2cccc(NC(=O)c3cccc(C(F)(F)F)c3)c2)OCC1(C)C. The molecule has 30 heavy (non-hydrogen) atoms. The van der Waals surface area contributed by atoms with Crippen molar-refractivity contribution in [2.24, 2.45) is 11.3 Å². The van der Waals surface area contributed by atoms with Gasteiger partial charge in [-0.3, -0.25) is 4.79 Å². The van der Waals surface area contributed by atoms with E-state index in [4.69, 9.17) is 9.47 Å². The Balaban J connectivity index is 1.76. The number of carbonyl (C=O) groups is 1. The third kappa shape index (κ3) is 5.02. The first-order valence-electron chi connectivity index (χ1n) is 9.83. The number of benzene rings is 2. The van der Waals surface area contributed by atoms with Gasteiger partial charge in [-0.1, -0.05) is 45.9 Å². The molecule has 0 unspecified atom stereocenters. The van der Waals surface area contributed by atoms with Gasteiger partial charge in [0.05, 0.1) is 18.3 Å². The fourth-order valence-corrected chi connectivity index (χ4v) is 3.77. The Bertz CT molecular complexity index is 909. The van der Waals surface area contributed by atoms with Crippen LogP contribution in [0.1, 0.15) is 55.5 Å². The molecule has 2 atom stereocenters. The van der Waals surface area contributed by atoms with Crippen LogP contribution in [0.15, 0.2) is 48.5 Å². The van der Waals surface area contributed by atoms with E-state index in [0.29, 0.717) is 18.2 Å². The summed E-state index contributed by atoms with van der Waals surface area (Å²) in [7, 11) is 0. The standard InChI is InChI=1S/C23H26F3NO3/c1-14(2)19-22(3,4)13-29-21(30-19)16-8-6-10-18(12-16)27-20(28)15-7-5-9-17(11-15)23(24,25)26/h5-12,14,19,21H,13H2,1-4H3,(H,27,28)/t19-,21+/m0/s1. The van der Waals surface area contributed by atoms with Crippen molar-refractivity contribution in [2.75, 3.05) is 11.9 Å². The molecule has 1 amide bonds. The van der Waals surface area contributed by atoms with Gasteiger partial charge in [-0.05, 0) is 36.2 Å². The van der Waals surface area contributed by atoms with Gasteiger partial charge in [-0.15, -0.1) is 0 Å². The Morgan fingerprint density at radius 3 is 2.50 bits per heavy atom. The van der Waals surface area contributed by atoms with Crippen LogP contribution in [0, 0.1) is 11.3 Å². The van der Waals surface area contributed by atoms with Crippen LogP contribution >= 0.6 is 0 Å². The van der Waals surface area contributed by atoms with Crippen molar-refractivity contribution >= 4 is 11.6 Å². The fraction of sp³-hybridized carbons (Fsp3) is 0.435. The van der Waals surface area contributed by atoms with E-state index in [1.165, 1.54) is 12.1 Å². The molecule has 3 rings (SSSR count). The molecule has 0 spiro atoms. The minimum atomic E-state index is -4.51. The van der Waals surface area contributed by atoms with Crippen LogP contribution in [0.2, 0.25) is 0 Å². The number of amides is 1. The summed E-state index contributed by atoms with van der Waals surface area (Å²) in [6.07, 6.45) is -5.08. The molecule has 0 aliphatic carbocycles. The molecule has 1 N–H and O–H groups in total. The van der Waals surface area contributed by atoms with Gasteiger partial charge in [0.2, 0.25) is 0 Å². The number of hydrogen-bond donors (Lipinski definition) is 1. The monoisotopic (exact) mass is 421 g/mol. The normalized spacial score (nSPS) is 21.5. The largest absolute Gasteiger partial charge is 0.416 e. The maximum absolute atomic E-state index is 12.9. The number of alkyl halides is 3. The first-order valence-corrected chi connectivity index (χ1v) is 9.83. The third-order valence-corrected chi connectivity index (χ3v) is 5.12. The molecule has 1 saturated heterocycles. The molecule has 2 aromatic carbocycles. The summed E-state index contributed by atoms with van der Waals surface area (Å²) >= 11 is 0. The zero-order valence-corrected chi connectivity index (χ0v) is 17.4. The molecule has 0 bridgehead atoms. The van der Waals surface area contributed by atoms with Crippen LogP contribution in [-0.4, -0.2) is 18.6 Å². The van der Waals surface area contributed by atoms with E-state index >= 15 is 0 Å². The van der Waals surface area contributed by atoms with E-state index in [9.17, 15) is 18.0 Å². The highest BCUT2D eigenvalue weighted by molar-refractivity contribution is 6.04. The predicted octanol–water partition coefficient (Wildman–Crippen LogP) is 6.05. The Hall–Kier alpha value is -2.38. The van der Waals surface area contributed by atoms with Crippen LogP contribution < -0.4 is 5.32 Å². The molecule has 1 heterocycles. The van der Waals surface area contributed by atoms with E-state index in [0.717, 1.165) is 17.7 Å². The molecule has 1 fully saturated rings. The molecule has 162 valence electrons. The second kappa shape index (κ2) is 8.40. The molecule has 0 aromatic heterocycles. The van der Waals surface area contributed by atoms with Crippen molar-refractivity contribution < 1.29 is 27.4 Å². The lowest BCUT2D eigenvalue weighted by Gasteiger charge is -2.44. The third-order valence-electron chi connectivity index (χ3n) is 5.12. The molecule has 4 nitrogen and oxygen atoms in total. The lowest BCUT2D eigenvalue weighted by Crippen LogP contribution is -2.45. The number of hydrogen-bond acceptors (Lipinski definition) is 3. The Morgan fingerprint density at radius 1 is 1.13 bits per heavy atom. The van der Waals surface area contributed by atoms with Gasteiger partial charge in [0.1, 0.15) is 0 Å². The van der Waals surface area contributed by atoms with Gasteiger partial charge in [-0.25, -0.2) is 0 Å². The quantitative estimate of drug-likeness (QED) is 0.653. The number of nitrogens with one attached hydrogen (secondary N) is 1. The summed E-state index contributed by atoms with van der Waals surface area (Å²) in [6.45, 7) is 8.92. The van der Waals surface area contributed by atoms with Crippen LogP contribution in [-0.2, 0) is 15.7 Å². The van der Waals surface area contributed by atoms with Crippen LogP contribution in [0.4, 0.5) is 18.9 Å². The second-order valence-electron chi connectivity index (χ2n) is 8.59. The number of ether oxygens (including phenoxy) is 2. The number of halogens is 3. The first kappa shape index (κ1) is 22.3. The average molecular weight is 421 g/mol. The summed E-state index contributed by atoms with van der Waals surface area (Å²) < 4.78 is 50.8. The predicted molar refractivity (Wildman–Crippen MR) is 108 cm³/mol. The minimum Gasteiger partial charge on any atom is -0.348 e. The molecule has 0 saturated carbocycles. The molecular formula is C23H26F3NO3. The summed E-state index contributed by atoms with van der Waals surface area (Å²) in [5.41, 5.74) is 0.128. The number of anilines is 1. The van der Waals surface area contributed by atoms with Crippen LogP contribution in [0.5, 0.6) is 0 Å². The lowest BCUT2D eigenvalue weighted by atomic mass is 9.80. The van der Waals surface area contributed by atoms with E-state index < -0.39 is 23.9 Å². The zero-order valence-electron chi connectivity index (χ0n) is 17.4. The highest BCUT2D eigenvalue weighted by atomic mass is 19.4. The highest BCUT2D eigenvalue weighted by Gasteiger charge is 2.40. The van der Waals surface area contributed by atoms with E-state index in [2.05, 4.69) is 33.0 Å². The fourth-order valence-electron chi connectivity index (χ4n) is 3.77. The van der Waals surface area contributed by atoms with Crippen molar-refractivity contribution in [3.8, 4) is 0 Å². The van der Waals surface area contributed by atoms with Gasteiger partial charge in [0, 0.05) is 22.2 Å². The van der Waals surface area contributed by atoms with Crippen molar-refractivity contribution in [1.29, 1.82) is 0 Å². The van der Waals surface area contributed by atoms with Crippen LogP contribution in [0.25, 0.3) is 0 Å². The maximum atomic E-state index is 12.9. The van der Waals surface area contributed by atoms with Gasteiger partial charge in [0.15, 0.2) is 6.29 Å². The summed E-state index contributed by atoms with van der Waals surface area (Å²) in [4.78, 5) is 12.5. The van der Waals surface area contributed by atoms with Gasteiger partial charge in [0.25, 0.3) is 5.91 Å². The topological polar surface area (TPSA) is 47.6 Å². The molecule has 1 aliphatic heterocycles. The molecule has 2 aromatic rings. The summed E-state index contributed by atoms with van der Waals surface area (Å²) in [5.74, 6) is -0.319. The molecular weight excluding hydrogens is 395 g/mol. The molecule has 7 heteroatoms. The second-order valence-corrected chi connectivity index (χ2v) is 8.59. The highest BCUT2D eigenvalue weighted by Crippen LogP contribution is 2.40. The van der Waals surface area contributed by atoms with Crippen molar-refractivity contribution in [3.63, 3.8) is 0 Å². The minimum absolute atomic E-state index is 0.000365. The van der Waals surface area contributed by atoms with Gasteiger partial charge >= 0.3 is 6.18 Å². The van der Waals surface area contributed by atoms with Crippen LogP contribution in [0.3, 0.4) is 0 Å². The molecule has 1 aliphatic rings. The Morgan fingerprint density at radius 2 is 1.83 bits per heavy atom. The first-order chi connectivity index (χ1) is 14.0. The van der Waals surface area contributed by atoms with Crippen molar-refractivity contribution in [1.82, 2.24) is 0 Å². The Kier molecular flexibility index (Phi) is 6.24. The van der Waals surface area contributed by atoms with E-state index in [1.807, 2.05) is 6.07 Å². The average Bonchev–Trinajstić information content (AvgIpc) is 2.67. The van der Waals surface area contributed by atoms with Gasteiger partial charge < -0.3 is 14.8 Å². The van der Waals surface area contributed by atoms with Gasteiger partial charge in [-0.2, -0.15) is 13.2 Å². The number of rotatable bonds is 4. The lowest BCUT2D eigenvalue weighted by molar-refractivity contribution is -0.274. The van der Waals surface area contributed by atoms with Crippen molar-refractivity contribution in [2.45, 2.75) is 46.3 Å². The molecule has 0 radical (unpaired) electrons. The smallest absolute Gasteiger partial charge is 0.348 e. The number of carbonyl (C=O) groups excluding carboxylic acids is 1.